The largest absolute Gasteiger partial charge is 0.478 e. The molecule has 0 saturated carbocycles. The van der Waals surface area contributed by atoms with Crippen LogP contribution < -0.4 is 0 Å². The minimum absolute atomic E-state index is 0.000116. The Labute approximate surface area is 134 Å². The van der Waals surface area contributed by atoms with Crippen LogP contribution >= 0.6 is 15.9 Å². The minimum Gasteiger partial charge on any atom is -0.478 e. The van der Waals surface area contributed by atoms with E-state index in [4.69, 9.17) is 0 Å². The van der Waals surface area contributed by atoms with E-state index >= 15 is 0 Å². The Morgan fingerprint density at radius 1 is 1.38 bits per heavy atom. The Morgan fingerprint density at radius 2 is 1.95 bits per heavy atom. The number of carboxylic acid groups (broad SMARTS) is 1. The maximum absolute atomic E-state index is 12.6. The van der Waals surface area contributed by atoms with E-state index in [1.807, 2.05) is 13.8 Å². The van der Waals surface area contributed by atoms with E-state index in [1.54, 1.807) is 13.8 Å². The number of aromatic carboxylic acids is 1. The smallest absolute Gasteiger partial charge is 0.336 e. The summed E-state index contributed by atoms with van der Waals surface area (Å²) in [5.41, 5.74) is 0.497. The molecule has 21 heavy (non-hydrogen) atoms. The van der Waals surface area contributed by atoms with Crippen molar-refractivity contribution in [1.29, 1.82) is 0 Å². The van der Waals surface area contributed by atoms with Crippen LogP contribution in [0.1, 0.15) is 36.7 Å². The van der Waals surface area contributed by atoms with E-state index in [-0.39, 0.29) is 16.4 Å². The molecule has 0 bridgehead atoms. The first-order chi connectivity index (χ1) is 9.61. The summed E-state index contributed by atoms with van der Waals surface area (Å²) >= 11 is 3.23. The second-order valence-corrected chi connectivity index (χ2v) is 8.02. The lowest BCUT2D eigenvalue weighted by molar-refractivity contribution is 0.0695. The van der Waals surface area contributed by atoms with Crippen LogP contribution in [0.25, 0.3) is 0 Å². The lowest BCUT2D eigenvalue weighted by Crippen LogP contribution is -2.34. The molecule has 0 heterocycles. The maximum Gasteiger partial charge on any atom is 0.336 e. The molecular formula is C14H20BrNO4S. The van der Waals surface area contributed by atoms with Gasteiger partial charge in [-0.15, -0.1) is 0 Å². The summed E-state index contributed by atoms with van der Waals surface area (Å²) in [5, 5.41) is 9.19. The van der Waals surface area contributed by atoms with Crippen LogP contribution in [0.4, 0.5) is 0 Å². The first-order valence-corrected chi connectivity index (χ1v) is 8.88. The Hall–Kier alpha value is -0.920. The number of halogens is 1. The molecular weight excluding hydrogens is 358 g/mol. The molecule has 0 amide bonds. The zero-order chi connectivity index (χ0) is 16.4. The van der Waals surface area contributed by atoms with Gasteiger partial charge in [0.25, 0.3) is 0 Å². The molecule has 5 nitrogen and oxygen atoms in total. The van der Waals surface area contributed by atoms with Crippen LogP contribution in [-0.2, 0) is 10.0 Å². The molecule has 1 aromatic carbocycles. The zero-order valence-electron chi connectivity index (χ0n) is 12.6. The van der Waals surface area contributed by atoms with Gasteiger partial charge in [0.15, 0.2) is 0 Å². The van der Waals surface area contributed by atoms with Crippen molar-refractivity contribution in [3.05, 3.63) is 27.7 Å². The van der Waals surface area contributed by atoms with Gasteiger partial charge >= 0.3 is 5.97 Å². The topological polar surface area (TPSA) is 74.7 Å². The van der Waals surface area contributed by atoms with Gasteiger partial charge in [-0.1, -0.05) is 36.7 Å². The van der Waals surface area contributed by atoms with Crippen molar-refractivity contribution in [1.82, 2.24) is 4.31 Å². The average Bonchev–Trinajstić information content (AvgIpc) is 2.37. The van der Waals surface area contributed by atoms with Crippen molar-refractivity contribution in [2.75, 3.05) is 13.1 Å². The predicted octanol–water partition coefficient (Wildman–Crippen LogP) is 3.12. The predicted molar refractivity (Wildman–Crippen MR) is 85.1 cm³/mol. The molecule has 1 rings (SSSR count). The Bertz CT molecular complexity index is 641. The van der Waals surface area contributed by atoms with Gasteiger partial charge in [0.05, 0.1) is 10.5 Å². The van der Waals surface area contributed by atoms with E-state index in [1.165, 1.54) is 16.4 Å². The van der Waals surface area contributed by atoms with E-state index in [0.29, 0.717) is 23.1 Å². The van der Waals surface area contributed by atoms with Crippen molar-refractivity contribution < 1.29 is 18.3 Å². The quantitative estimate of drug-likeness (QED) is 0.826. The van der Waals surface area contributed by atoms with Crippen LogP contribution in [-0.4, -0.2) is 36.9 Å². The number of sulfonamides is 1. The Kier molecular flexibility index (Phi) is 5.95. The van der Waals surface area contributed by atoms with Gasteiger partial charge in [-0.25, -0.2) is 13.2 Å². The van der Waals surface area contributed by atoms with E-state index in [2.05, 4.69) is 15.9 Å². The van der Waals surface area contributed by atoms with E-state index < -0.39 is 16.0 Å². The number of carbonyl (C=O) groups is 1. The van der Waals surface area contributed by atoms with Crippen molar-refractivity contribution in [3.8, 4) is 0 Å². The van der Waals surface area contributed by atoms with Gasteiger partial charge < -0.3 is 5.11 Å². The standard InChI is InChI=1S/C14H20BrNO4S/c1-5-16(8-9(2)3)21(19,20)11-6-12(14(17)18)10(4)13(15)7-11/h6-7,9H,5,8H2,1-4H3,(H,17,18). The maximum atomic E-state index is 12.6. The first-order valence-electron chi connectivity index (χ1n) is 6.64. The average molecular weight is 378 g/mol. The summed E-state index contributed by atoms with van der Waals surface area (Å²) in [6, 6.07) is 2.68. The highest BCUT2D eigenvalue weighted by Crippen LogP contribution is 2.27. The summed E-state index contributed by atoms with van der Waals surface area (Å²) in [5.74, 6) is -0.954. The number of nitrogens with zero attached hydrogens (tertiary/aromatic N) is 1. The number of rotatable bonds is 6. The molecule has 0 fully saturated rings. The fraction of sp³-hybridized carbons (Fsp3) is 0.500. The highest BCUT2D eigenvalue weighted by molar-refractivity contribution is 9.10. The molecule has 118 valence electrons. The highest BCUT2D eigenvalue weighted by Gasteiger charge is 2.26. The molecule has 1 N–H and O–H groups in total. The monoisotopic (exact) mass is 377 g/mol. The fourth-order valence-corrected chi connectivity index (χ4v) is 4.26. The molecule has 1 aromatic rings. The van der Waals surface area contributed by atoms with Crippen molar-refractivity contribution >= 4 is 31.9 Å². The van der Waals surface area contributed by atoms with Crippen molar-refractivity contribution in [2.45, 2.75) is 32.6 Å². The summed E-state index contributed by atoms with van der Waals surface area (Å²) in [7, 11) is -3.70. The van der Waals surface area contributed by atoms with Crippen LogP contribution in [0.3, 0.4) is 0 Å². The summed E-state index contributed by atoms with van der Waals surface area (Å²) < 4.78 is 27.1. The third-order valence-electron chi connectivity index (χ3n) is 3.11. The molecule has 0 atom stereocenters. The van der Waals surface area contributed by atoms with Crippen LogP contribution in [0.2, 0.25) is 0 Å². The van der Waals surface area contributed by atoms with Gasteiger partial charge in [0, 0.05) is 17.6 Å². The fourth-order valence-electron chi connectivity index (χ4n) is 1.98. The van der Waals surface area contributed by atoms with Gasteiger partial charge in [-0.05, 0) is 30.5 Å². The summed E-state index contributed by atoms with van der Waals surface area (Å²) in [4.78, 5) is 11.2. The lowest BCUT2D eigenvalue weighted by atomic mass is 10.1. The van der Waals surface area contributed by atoms with Crippen molar-refractivity contribution in [3.63, 3.8) is 0 Å². The number of benzene rings is 1. The van der Waals surface area contributed by atoms with Crippen LogP contribution in [0.15, 0.2) is 21.5 Å². The minimum atomic E-state index is -3.70. The number of carboxylic acids is 1. The molecule has 0 aromatic heterocycles. The van der Waals surface area contributed by atoms with Gasteiger partial charge in [0.1, 0.15) is 0 Å². The first kappa shape index (κ1) is 18.1. The zero-order valence-corrected chi connectivity index (χ0v) is 15.0. The second kappa shape index (κ2) is 6.89. The molecule has 0 radical (unpaired) electrons. The lowest BCUT2D eigenvalue weighted by Gasteiger charge is -2.23. The third kappa shape index (κ3) is 4.05. The van der Waals surface area contributed by atoms with Gasteiger partial charge in [-0.3, -0.25) is 0 Å². The van der Waals surface area contributed by atoms with E-state index in [9.17, 15) is 18.3 Å². The SMILES string of the molecule is CCN(CC(C)C)S(=O)(=O)c1cc(Br)c(C)c(C(=O)O)c1. The molecule has 0 aliphatic rings. The molecule has 7 heteroatoms. The normalized spacial score (nSPS) is 12.1. The molecule has 0 aliphatic heterocycles. The second-order valence-electron chi connectivity index (χ2n) is 5.23. The molecule has 0 aliphatic carbocycles. The molecule has 0 saturated heterocycles. The Morgan fingerprint density at radius 3 is 2.38 bits per heavy atom. The van der Waals surface area contributed by atoms with E-state index in [0.717, 1.165) is 0 Å². The highest BCUT2D eigenvalue weighted by atomic mass is 79.9. The summed E-state index contributed by atoms with van der Waals surface area (Å²) in [6.07, 6.45) is 0. The number of hydrogen-bond donors (Lipinski definition) is 1. The van der Waals surface area contributed by atoms with Gasteiger partial charge in [0.2, 0.25) is 10.0 Å². The van der Waals surface area contributed by atoms with Crippen molar-refractivity contribution in [2.24, 2.45) is 5.92 Å². The third-order valence-corrected chi connectivity index (χ3v) is 5.85. The van der Waals surface area contributed by atoms with Crippen LogP contribution in [0.5, 0.6) is 0 Å². The summed E-state index contributed by atoms with van der Waals surface area (Å²) in [6.45, 7) is 8.01. The Balaban J connectivity index is 3.41. The van der Waals surface area contributed by atoms with Gasteiger partial charge in [-0.2, -0.15) is 4.31 Å². The number of hydrogen-bond acceptors (Lipinski definition) is 3. The van der Waals surface area contributed by atoms with Crippen LogP contribution in [0, 0.1) is 12.8 Å². The molecule has 0 unspecified atom stereocenters. The molecule has 0 spiro atoms.